The maximum atomic E-state index is 10.5. The molecule has 0 spiro atoms. The summed E-state index contributed by atoms with van der Waals surface area (Å²) in [4.78, 5) is 6.89. The topological polar surface area (TPSA) is 74.4 Å². The molecule has 1 saturated heterocycles. The summed E-state index contributed by atoms with van der Waals surface area (Å²) in [5, 5.41) is 15.0. The van der Waals surface area contributed by atoms with Gasteiger partial charge < -0.3 is 24.0 Å². The SMILES string of the molecule is CCN(CC)c1onc(-c2ccccc2)c1CN(CCN1CCOCC1)CC(O)COC. The number of hydrogen-bond acceptors (Lipinski definition) is 8. The van der Waals surface area contributed by atoms with Crippen LogP contribution in [0.3, 0.4) is 0 Å². The Balaban J connectivity index is 1.85. The first-order valence-electron chi connectivity index (χ1n) is 11.6. The lowest BCUT2D eigenvalue weighted by molar-refractivity contribution is 0.0182. The number of benzene rings is 1. The van der Waals surface area contributed by atoms with Crippen LogP contribution >= 0.6 is 0 Å². The van der Waals surface area contributed by atoms with E-state index in [9.17, 15) is 5.11 Å². The molecule has 3 rings (SSSR count). The number of morpholine rings is 1. The number of aromatic nitrogens is 1. The van der Waals surface area contributed by atoms with Gasteiger partial charge in [-0.2, -0.15) is 0 Å². The van der Waals surface area contributed by atoms with Gasteiger partial charge in [0.25, 0.3) is 0 Å². The molecule has 1 aliphatic rings. The van der Waals surface area contributed by atoms with E-state index in [0.29, 0.717) is 19.7 Å². The number of methoxy groups -OCH3 is 1. The zero-order valence-corrected chi connectivity index (χ0v) is 19.7. The third kappa shape index (κ3) is 6.76. The third-order valence-corrected chi connectivity index (χ3v) is 5.91. The van der Waals surface area contributed by atoms with Crippen molar-refractivity contribution in [3.8, 4) is 11.3 Å². The highest BCUT2D eigenvalue weighted by molar-refractivity contribution is 5.68. The average molecular weight is 447 g/mol. The molecule has 2 aromatic rings. The van der Waals surface area contributed by atoms with Gasteiger partial charge in [0.15, 0.2) is 0 Å². The monoisotopic (exact) mass is 446 g/mol. The summed E-state index contributed by atoms with van der Waals surface area (Å²) >= 11 is 0. The van der Waals surface area contributed by atoms with E-state index >= 15 is 0 Å². The minimum atomic E-state index is -0.554. The van der Waals surface area contributed by atoms with Crippen molar-refractivity contribution >= 4 is 5.88 Å². The maximum Gasteiger partial charge on any atom is 0.232 e. The normalized spacial score (nSPS) is 15.9. The zero-order chi connectivity index (χ0) is 22.8. The Bertz CT molecular complexity index is 776. The second kappa shape index (κ2) is 12.9. The van der Waals surface area contributed by atoms with E-state index in [0.717, 1.165) is 75.2 Å². The molecular formula is C24H38N4O4. The van der Waals surface area contributed by atoms with E-state index < -0.39 is 6.10 Å². The first-order valence-corrected chi connectivity index (χ1v) is 11.6. The van der Waals surface area contributed by atoms with Gasteiger partial charge in [0.2, 0.25) is 5.88 Å². The fraction of sp³-hybridized carbons (Fsp3) is 0.625. The second-order valence-electron chi connectivity index (χ2n) is 8.15. The van der Waals surface area contributed by atoms with E-state index in [1.165, 1.54) is 0 Å². The van der Waals surface area contributed by atoms with Gasteiger partial charge in [0.05, 0.1) is 31.5 Å². The summed E-state index contributed by atoms with van der Waals surface area (Å²) in [7, 11) is 1.62. The number of rotatable bonds is 13. The lowest BCUT2D eigenvalue weighted by Crippen LogP contribution is -2.43. The van der Waals surface area contributed by atoms with Crippen LogP contribution in [0.4, 0.5) is 5.88 Å². The van der Waals surface area contributed by atoms with Crippen LogP contribution in [-0.2, 0) is 16.0 Å². The van der Waals surface area contributed by atoms with E-state index in [1.54, 1.807) is 7.11 Å². The summed E-state index contributed by atoms with van der Waals surface area (Å²) in [6, 6.07) is 10.2. The molecule has 32 heavy (non-hydrogen) atoms. The summed E-state index contributed by atoms with van der Waals surface area (Å²) in [6.45, 7) is 12.6. The van der Waals surface area contributed by atoms with Gasteiger partial charge in [-0.25, -0.2) is 0 Å². The number of aliphatic hydroxyl groups is 1. The minimum absolute atomic E-state index is 0.312. The Morgan fingerprint density at radius 1 is 1.16 bits per heavy atom. The first kappa shape index (κ1) is 24.7. The van der Waals surface area contributed by atoms with Gasteiger partial charge >= 0.3 is 0 Å². The molecule has 0 saturated carbocycles. The van der Waals surface area contributed by atoms with Crippen LogP contribution in [0.1, 0.15) is 19.4 Å². The van der Waals surface area contributed by atoms with Crippen LogP contribution in [0.25, 0.3) is 11.3 Å². The molecule has 1 aliphatic heterocycles. The molecule has 1 unspecified atom stereocenters. The highest BCUT2D eigenvalue weighted by atomic mass is 16.5. The molecule has 8 heteroatoms. The van der Waals surface area contributed by atoms with Crippen LogP contribution in [0, 0.1) is 0 Å². The van der Waals surface area contributed by atoms with Crippen molar-refractivity contribution in [1.82, 2.24) is 15.0 Å². The molecule has 178 valence electrons. The van der Waals surface area contributed by atoms with E-state index in [1.807, 2.05) is 18.2 Å². The Kier molecular flexibility index (Phi) is 9.95. The largest absolute Gasteiger partial charge is 0.389 e. The van der Waals surface area contributed by atoms with Gasteiger partial charge in [-0.05, 0) is 13.8 Å². The van der Waals surface area contributed by atoms with Crippen molar-refractivity contribution < 1.29 is 19.1 Å². The van der Waals surface area contributed by atoms with E-state index in [2.05, 4.69) is 45.8 Å². The van der Waals surface area contributed by atoms with Crippen molar-refractivity contribution in [2.24, 2.45) is 0 Å². The van der Waals surface area contributed by atoms with Gasteiger partial charge in [0, 0.05) is 65.0 Å². The van der Waals surface area contributed by atoms with Gasteiger partial charge in [-0.1, -0.05) is 35.5 Å². The van der Waals surface area contributed by atoms with Crippen molar-refractivity contribution in [3.05, 3.63) is 35.9 Å². The quantitative estimate of drug-likeness (QED) is 0.503. The number of hydrogen-bond donors (Lipinski definition) is 1. The fourth-order valence-corrected chi connectivity index (χ4v) is 4.13. The Hall–Kier alpha value is -1.97. The molecule has 1 aromatic carbocycles. The highest BCUT2D eigenvalue weighted by Gasteiger charge is 2.25. The molecule has 0 bridgehead atoms. The molecule has 0 amide bonds. The molecule has 8 nitrogen and oxygen atoms in total. The summed E-state index contributed by atoms with van der Waals surface area (Å²) < 4.78 is 16.5. The molecule has 1 fully saturated rings. The van der Waals surface area contributed by atoms with Gasteiger partial charge in [-0.3, -0.25) is 9.80 Å². The molecule has 0 aliphatic carbocycles. The predicted octanol–water partition coefficient (Wildman–Crippen LogP) is 2.33. The molecule has 0 radical (unpaired) electrons. The maximum absolute atomic E-state index is 10.5. The van der Waals surface area contributed by atoms with E-state index in [4.69, 9.17) is 14.0 Å². The number of aliphatic hydroxyl groups excluding tert-OH is 1. The van der Waals surface area contributed by atoms with Crippen molar-refractivity contribution in [3.63, 3.8) is 0 Å². The summed E-state index contributed by atoms with van der Waals surface area (Å²) in [5.74, 6) is 0.812. The summed E-state index contributed by atoms with van der Waals surface area (Å²) in [5.41, 5.74) is 2.96. The summed E-state index contributed by atoms with van der Waals surface area (Å²) in [6.07, 6.45) is -0.554. The minimum Gasteiger partial charge on any atom is -0.389 e. The Morgan fingerprint density at radius 3 is 2.53 bits per heavy atom. The molecule has 1 aromatic heterocycles. The number of ether oxygens (including phenoxy) is 2. The number of nitrogens with zero attached hydrogens (tertiary/aromatic N) is 4. The smallest absolute Gasteiger partial charge is 0.232 e. The van der Waals surface area contributed by atoms with Gasteiger partial charge in [0.1, 0.15) is 5.69 Å². The molecule has 1 atom stereocenters. The first-order chi connectivity index (χ1) is 15.7. The standard InChI is InChI=1S/C24H38N4O4/c1-4-28(5-2)24-22(23(25-32-24)20-9-7-6-8-10-20)18-27(17-21(29)19-30-3)12-11-26-13-15-31-16-14-26/h6-10,21,29H,4-5,11-19H2,1-3H3. The van der Waals surface area contributed by atoms with Gasteiger partial charge in [-0.15, -0.1) is 0 Å². The highest BCUT2D eigenvalue weighted by Crippen LogP contribution is 2.32. The van der Waals surface area contributed by atoms with Crippen LogP contribution in [-0.4, -0.2) is 98.9 Å². The Labute approximate surface area is 191 Å². The molecule has 1 N–H and O–H groups in total. The van der Waals surface area contributed by atoms with Crippen molar-refractivity contribution in [2.45, 2.75) is 26.5 Å². The fourth-order valence-electron chi connectivity index (χ4n) is 4.13. The lowest BCUT2D eigenvalue weighted by Gasteiger charge is -2.31. The zero-order valence-electron chi connectivity index (χ0n) is 19.7. The van der Waals surface area contributed by atoms with Crippen molar-refractivity contribution in [2.75, 3.05) is 77.6 Å². The molecular weight excluding hydrogens is 408 g/mol. The van der Waals surface area contributed by atoms with Crippen LogP contribution in [0.2, 0.25) is 0 Å². The average Bonchev–Trinajstić information content (AvgIpc) is 3.23. The van der Waals surface area contributed by atoms with E-state index in [-0.39, 0.29) is 0 Å². The third-order valence-electron chi connectivity index (χ3n) is 5.91. The number of anilines is 1. The second-order valence-corrected chi connectivity index (χ2v) is 8.15. The van der Waals surface area contributed by atoms with Crippen molar-refractivity contribution in [1.29, 1.82) is 0 Å². The predicted molar refractivity (Wildman–Crippen MR) is 126 cm³/mol. The lowest BCUT2D eigenvalue weighted by atomic mass is 10.1. The molecule has 2 heterocycles. The Morgan fingerprint density at radius 2 is 1.88 bits per heavy atom. The van der Waals surface area contributed by atoms with Crippen LogP contribution in [0.5, 0.6) is 0 Å². The van der Waals surface area contributed by atoms with Crippen LogP contribution in [0.15, 0.2) is 34.9 Å². The van der Waals surface area contributed by atoms with Crippen LogP contribution < -0.4 is 4.90 Å².